The van der Waals surface area contributed by atoms with Gasteiger partial charge in [0.2, 0.25) is 0 Å². The Morgan fingerprint density at radius 3 is 2.71 bits per heavy atom. The highest BCUT2D eigenvalue weighted by Crippen LogP contribution is 2.23. The summed E-state index contributed by atoms with van der Waals surface area (Å²) < 4.78 is 5.11. The molecule has 0 amide bonds. The van der Waals surface area contributed by atoms with Crippen LogP contribution < -0.4 is 5.32 Å². The normalized spacial score (nSPS) is 10.0. The van der Waals surface area contributed by atoms with E-state index >= 15 is 0 Å². The van der Waals surface area contributed by atoms with Gasteiger partial charge < -0.3 is 15.2 Å². The average Bonchev–Trinajstić information content (AvgIpc) is 2.48. The van der Waals surface area contributed by atoms with Crippen LogP contribution in [0.25, 0.3) is 0 Å². The van der Waals surface area contributed by atoms with Gasteiger partial charge >= 0.3 is 11.9 Å². The van der Waals surface area contributed by atoms with Crippen LogP contribution in [0.15, 0.2) is 41.0 Å². The minimum absolute atomic E-state index is 0.129. The molecule has 0 saturated heterocycles. The second kappa shape index (κ2) is 6.36. The molecule has 6 nitrogen and oxygen atoms in total. The lowest BCUT2D eigenvalue weighted by Gasteiger charge is -2.08. The number of carboxylic acid groups (broad SMARTS) is 1. The summed E-state index contributed by atoms with van der Waals surface area (Å²) in [4.78, 5) is 26.6. The Bertz CT molecular complexity index is 703. The third-order valence-corrected chi connectivity index (χ3v) is 3.34. The zero-order valence-corrected chi connectivity index (χ0v) is 12.5. The molecule has 1 aromatic heterocycles. The zero-order valence-electron chi connectivity index (χ0n) is 11.0. The number of pyridine rings is 1. The molecule has 2 rings (SSSR count). The third kappa shape index (κ3) is 3.57. The van der Waals surface area contributed by atoms with Crippen molar-refractivity contribution in [2.24, 2.45) is 0 Å². The lowest BCUT2D eigenvalue weighted by Crippen LogP contribution is -2.04. The van der Waals surface area contributed by atoms with Gasteiger partial charge in [-0.2, -0.15) is 0 Å². The van der Waals surface area contributed by atoms with Gasteiger partial charge in [0.15, 0.2) is 0 Å². The van der Waals surface area contributed by atoms with Crippen molar-refractivity contribution in [3.05, 3.63) is 52.1 Å². The van der Waals surface area contributed by atoms with Crippen molar-refractivity contribution in [3.8, 4) is 0 Å². The van der Waals surface area contributed by atoms with E-state index in [-0.39, 0.29) is 5.56 Å². The van der Waals surface area contributed by atoms with Gasteiger partial charge in [-0.25, -0.2) is 14.6 Å². The molecular formula is C14H11BrN2O4. The van der Waals surface area contributed by atoms with Crippen LogP contribution in [0.3, 0.4) is 0 Å². The molecule has 0 fully saturated rings. The fourth-order valence-electron chi connectivity index (χ4n) is 1.66. The SMILES string of the molecule is COC(=O)c1ccnc(Nc2ccc(Br)c(C(=O)O)c2)c1. The second-order valence-corrected chi connectivity index (χ2v) is 4.90. The van der Waals surface area contributed by atoms with Gasteiger partial charge in [0.1, 0.15) is 5.82 Å². The number of carbonyl (C=O) groups is 2. The zero-order chi connectivity index (χ0) is 15.4. The standard InChI is InChI=1S/C14H11BrN2O4/c1-21-14(20)8-4-5-16-12(6-8)17-9-2-3-11(15)10(7-9)13(18)19/h2-7H,1H3,(H,16,17)(H,18,19). The van der Waals surface area contributed by atoms with Crippen LogP contribution in [-0.2, 0) is 4.74 Å². The summed E-state index contributed by atoms with van der Waals surface area (Å²) in [6.45, 7) is 0. The third-order valence-electron chi connectivity index (χ3n) is 2.65. The Morgan fingerprint density at radius 2 is 2.05 bits per heavy atom. The van der Waals surface area contributed by atoms with E-state index in [1.807, 2.05) is 0 Å². The molecular weight excluding hydrogens is 340 g/mol. The number of esters is 1. The summed E-state index contributed by atoms with van der Waals surface area (Å²) in [5.74, 6) is -1.10. The highest BCUT2D eigenvalue weighted by Gasteiger charge is 2.10. The molecule has 0 atom stereocenters. The number of rotatable bonds is 4. The second-order valence-electron chi connectivity index (χ2n) is 4.05. The summed E-state index contributed by atoms with van der Waals surface area (Å²) >= 11 is 3.17. The lowest BCUT2D eigenvalue weighted by atomic mass is 10.2. The van der Waals surface area contributed by atoms with E-state index in [0.29, 0.717) is 21.5 Å². The molecule has 0 bridgehead atoms. The van der Waals surface area contributed by atoms with E-state index in [1.165, 1.54) is 31.5 Å². The van der Waals surface area contributed by atoms with Crippen molar-refractivity contribution in [1.29, 1.82) is 0 Å². The summed E-state index contributed by atoms with van der Waals surface area (Å²) in [5, 5.41) is 12.0. The van der Waals surface area contributed by atoms with Crippen molar-refractivity contribution in [1.82, 2.24) is 4.98 Å². The Balaban J connectivity index is 2.28. The average molecular weight is 351 g/mol. The van der Waals surface area contributed by atoms with Crippen molar-refractivity contribution in [3.63, 3.8) is 0 Å². The predicted octanol–water partition coefficient (Wildman–Crippen LogP) is 3.07. The maximum Gasteiger partial charge on any atom is 0.338 e. The first kappa shape index (κ1) is 15.0. The highest BCUT2D eigenvalue weighted by atomic mass is 79.9. The number of nitrogens with one attached hydrogen (secondary N) is 1. The molecule has 1 aromatic carbocycles. The molecule has 0 aliphatic carbocycles. The van der Waals surface area contributed by atoms with Gasteiger partial charge in [0.25, 0.3) is 0 Å². The van der Waals surface area contributed by atoms with Crippen molar-refractivity contribution in [2.75, 3.05) is 12.4 Å². The van der Waals surface area contributed by atoms with Crippen LogP contribution in [-0.4, -0.2) is 29.1 Å². The summed E-state index contributed by atoms with van der Waals surface area (Å²) in [5.41, 5.74) is 1.03. The quantitative estimate of drug-likeness (QED) is 0.823. The van der Waals surface area contributed by atoms with Crippen LogP contribution in [0.1, 0.15) is 20.7 Å². The number of benzene rings is 1. The number of aromatic nitrogens is 1. The first-order valence-corrected chi connectivity index (χ1v) is 6.65. The topological polar surface area (TPSA) is 88.5 Å². The van der Waals surface area contributed by atoms with Gasteiger partial charge in [-0.05, 0) is 46.3 Å². The first-order chi connectivity index (χ1) is 10.0. The van der Waals surface area contributed by atoms with Crippen LogP contribution in [0.4, 0.5) is 11.5 Å². The van der Waals surface area contributed by atoms with E-state index in [4.69, 9.17) is 5.11 Å². The van der Waals surface area contributed by atoms with Gasteiger partial charge in [-0.15, -0.1) is 0 Å². The number of anilines is 2. The molecule has 1 heterocycles. The number of aromatic carboxylic acids is 1. The predicted molar refractivity (Wildman–Crippen MR) is 80.0 cm³/mol. The van der Waals surface area contributed by atoms with Gasteiger partial charge in [0.05, 0.1) is 18.2 Å². The van der Waals surface area contributed by atoms with Crippen molar-refractivity contribution in [2.45, 2.75) is 0 Å². The fraction of sp³-hybridized carbons (Fsp3) is 0.0714. The van der Waals surface area contributed by atoms with Crippen molar-refractivity contribution >= 4 is 39.4 Å². The number of hydrogen-bond donors (Lipinski definition) is 2. The molecule has 0 unspecified atom stereocenters. The molecule has 2 aromatic rings. The largest absolute Gasteiger partial charge is 0.478 e. The summed E-state index contributed by atoms with van der Waals surface area (Å²) in [6, 6.07) is 7.84. The molecule has 108 valence electrons. The van der Waals surface area contributed by atoms with Gasteiger partial charge in [-0.1, -0.05) is 0 Å². The van der Waals surface area contributed by atoms with Gasteiger partial charge in [-0.3, -0.25) is 0 Å². The minimum Gasteiger partial charge on any atom is -0.478 e. The highest BCUT2D eigenvalue weighted by molar-refractivity contribution is 9.10. The van der Waals surface area contributed by atoms with Crippen LogP contribution in [0.5, 0.6) is 0 Å². The van der Waals surface area contributed by atoms with E-state index in [0.717, 1.165) is 0 Å². The van der Waals surface area contributed by atoms with Crippen molar-refractivity contribution < 1.29 is 19.4 Å². The Morgan fingerprint density at radius 1 is 1.29 bits per heavy atom. The Labute approximate surface area is 128 Å². The fourth-order valence-corrected chi connectivity index (χ4v) is 2.07. The monoisotopic (exact) mass is 350 g/mol. The minimum atomic E-state index is -1.04. The van der Waals surface area contributed by atoms with E-state index < -0.39 is 11.9 Å². The summed E-state index contributed by atoms with van der Waals surface area (Å²) in [6.07, 6.45) is 1.46. The number of hydrogen-bond acceptors (Lipinski definition) is 5. The number of nitrogens with zero attached hydrogens (tertiary/aromatic N) is 1. The van der Waals surface area contributed by atoms with E-state index in [9.17, 15) is 9.59 Å². The molecule has 7 heteroatoms. The number of ether oxygens (including phenoxy) is 1. The molecule has 0 saturated carbocycles. The van der Waals surface area contributed by atoms with Crippen LogP contribution in [0, 0.1) is 0 Å². The number of carboxylic acids is 1. The van der Waals surface area contributed by atoms with Crippen LogP contribution >= 0.6 is 15.9 Å². The molecule has 0 radical (unpaired) electrons. The maximum atomic E-state index is 11.4. The van der Waals surface area contributed by atoms with Gasteiger partial charge in [0, 0.05) is 16.4 Å². The number of carbonyl (C=O) groups excluding carboxylic acids is 1. The molecule has 21 heavy (non-hydrogen) atoms. The molecule has 0 spiro atoms. The number of methoxy groups -OCH3 is 1. The Hall–Kier alpha value is -2.41. The summed E-state index contributed by atoms with van der Waals surface area (Å²) in [7, 11) is 1.30. The first-order valence-electron chi connectivity index (χ1n) is 5.85. The smallest absolute Gasteiger partial charge is 0.338 e. The Kier molecular flexibility index (Phi) is 4.54. The molecule has 2 N–H and O–H groups in total. The lowest BCUT2D eigenvalue weighted by molar-refractivity contribution is 0.0599. The van der Waals surface area contributed by atoms with Crippen LogP contribution in [0.2, 0.25) is 0 Å². The van der Waals surface area contributed by atoms with E-state index in [1.54, 1.807) is 12.1 Å². The maximum absolute atomic E-state index is 11.4. The molecule has 0 aliphatic heterocycles. The number of halogens is 1. The molecule has 0 aliphatic rings. The van der Waals surface area contributed by atoms with E-state index in [2.05, 4.69) is 31.0 Å².